The second kappa shape index (κ2) is 8.79. The summed E-state index contributed by atoms with van der Waals surface area (Å²) in [4.78, 5) is 18.5. The lowest BCUT2D eigenvalue weighted by Crippen LogP contribution is -2.29. The van der Waals surface area contributed by atoms with Crippen molar-refractivity contribution >= 4 is 17.2 Å². The summed E-state index contributed by atoms with van der Waals surface area (Å²) < 4.78 is 5.01. The molecule has 0 atom stereocenters. The fraction of sp³-hybridized carbons (Fsp3) is 0.444. The molecule has 0 saturated heterocycles. The Labute approximate surface area is 142 Å². The Balaban J connectivity index is 1.94. The van der Waals surface area contributed by atoms with Crippen LogP contribution in [0.1, 0.15) is 24.6 Å². The molecular weight excluding hydrogens is 308 g/mol. The van der Waals surface area contributed by atoms with E-state index in [0.29, 0.717) is 19.6 Å². The third-order valence-electron chi connectivity index (χ3n) is 3.76. The van der Waals surface area contributed by atoms with Crippen molar-refractivity contribution in [1.29, 1.82) is 0 Å². The summed E-state index contributed by atoms with van der Waals surface area (Å²) >= 11 is 1.59. The van der Waals surface area contributed by atoms with Crippen molar-refractivity contribution < 1.29 is 9.53 Å². The van der Waals surface area contributed by atoms with Crippen molar-refractivity contribution in [3.63, 3.8) is 0 Å². The smallest absolute Gasteiger partial charge is 0.228 e. The van der Waals surface area contributed by atoms with Gasteiger partial charge in [-0.25, -0.2) is 4.98 Å². The second-order valence-corrected chi connectivity index (χ2v) is 6.39. The highest BCUT2D eigenvalue weighted by molar-refractivity contribution is 7.13. The zero-order chi connectivity index (χ0) is 16.7. The molecule has 1 heterocycles. The first-order valence-corrected chi connectivity index (χ1v) is 8.78. The molecule has 0 spiro atoms. The molecule has 0 N–H and O–H groups in total. The summed E-state index contributed by atoms with van der Waals surface area (Å²) in [6.45, 7) is 3.53. The van der Waals surface area contributed by atoms with Gasteiger partial charge in [-0.2, -0.15) is 0 Å². The van der Waals surface area contributed by atoms with Crippen LogP contribution in [0, 0.1) is 0 Å². The number of hydrogen-bond acceptors (Lipinski definition) is 4. The quantitative estimate of drug-likeness (QED) is 0.696. The molecule has 1 aromatic carbocycles. The standard InChI is InChI=1S/C18H24N2O2S/c1-4-14-6-8-15(9-7-14)18-19-16(13-23-18)12-17(21)20(2)10-5-11-22-3/h6-9,13H,4-5,10-12H2,1-3H3. The van der Waals surface area contributed by atoms with Gasteiger partial charge in [-0.3, -0.25) is 4.79 Å². The Morgan fingerprint density at radius 2 is 2.04 bits per heavy atom. The molecule has 0 bridgehead atoms. The molecule has 2 aromatic rings. The molecule has 2 rings (SSSR count). The minimum absolute atomic E-state index is 0.0966. The monoisotopic (exact) mass is 332 g/mol. The van der Waals surface area contributed by atoms with Crippen LogP contribution in [-0.2, 0) is 22.4 Å². The van der Waals surface area contributed by atoms with Gasteiger partial charge in [-0.05, 0) is 18.4 Å². The van der Waals surface area contributed by atoms with Gasteiger partial charge in [0.15, 0.2) is 0 Å². The SMILES string of the molecule is CCc1ccc(-c2nc(CC(=O)N(C)CCCOC)cs2)cc1. The van der Waals surface area contributed by atoms with Crippen LogP contribution in [0.5, 0.6) is 0 Å². The first-order chi connectivity index (χ1) is 11.1. The van der Waals surface area contributed by atoms with E-state index in [-0.39, 0.29) is 5.91 Å². The van der Waals surface area contributed by atoms with Crippen molar-refractivity contribution in [3.05, 3.63) is 40.9 Å². The van der Waals surface area contributed by atoms with Crippen molar-refractivity contribution in [3.8, 4) is 10.6 Å². The van der Waals surface area contributed by atoms with Crippen molar-refractivity contribution in [2.24, 2.45) is 0 Å². The van der Waals surface area contributed by atoms with E-state index in [1.807, 2.05) is 12.4 Å². The molecule has 1 amide bonds. The number of amides is 1. The van der Waals surface area contributed by atoms with E-state index in [1.54, 1.807) is 23.3 Å². The maximum atomic E-state index is 12.2. The van der Waals surface area contributed by atoms with Gasteiger partial charge in [0.25, 0.3) is 0 Å². The highest BCUT2D eigenvalue weighted by atomic mass is 32.1. The number of ether oxygens (including phenoxy) is 1. The zero-order valence-electron chi connectivity index (χ0n) is 14.0. The predicted octanol–water partition coefficient (Wildman–Crippen LogP) is 3.41. The number of benzene rings is 1. The van der Waals surface area contributed by atoms with E-state index in [4.69, 9.17) is 4.74 Å². The molecule has 23 heavy (non-hydrogen) atoms. The minimum atomic E-state index is 0.0966. The van der Waals surface area contributed by atoms with Crippen LogP contribution < -0.4 is 0 Å². The maximum absolute atomic E-state index is 12.2. The van der Waals surface area contributed by atoms with E-state index < -0.39 is 0 Å². The average molecular weight is 332 g/mol. The van der Waals surface area contributed by atoms with Crippen molar-refractivity contribution in [2.75, 3.05) is 27.3 Å². The lowest BCUT2D eigenvalue weighted by atomic mass is 10.1. The highest BCUT2D eigenvalue weighted by Gasteiger charge is 2.12. The lowest BCUT2D eigenvalue weighted by molar-refractivity contribution is -0.129. The van der Waals surface area contributed by atoms with Crippen molar-refractivity contribution in [2.45, 2.75) is 26.2 Å². The predicted molar refractivity (Wildman–Crippen MR) is 94.8 cm³/mol. The van der Waals surface area contributed by atoms with Crippen LogP contribution in [-0.4, -0.2) is 43.1 Å². The summed E-state index contributed by atoms with van der Waals surface area (Å²) in [6, 6.07) is 8.45. The maximum Gasteiger partial charge on any atom is 0.228 e. The number of rotatable bonds is 8. The van der Waals surface area contributed by atoms with Gasteiger partial charge in [-0.1, -0.05) is 31.2 Å². The van der Waals surface area contributed by atoms with Gasteiger partial charge in [0.2, 0.25) is 5.91 Å². The van der Waals surface area contributed by atoms with E-state index in [2.05, 4.69) is 36.2 Å². The van der Waals surface area contributed by atoms with E-state index in [0.717, 1.165) is 29.1 Å². The number of nitrogens with zero attached hydrogens (tertiary/aromatic N) is 2. The molecule has 0 aliphatic heterocycles. The van der Waals surface area contributed by atoms with E-state index in [1.165, 1.54) is 5.56 Å². The number of methoxy groups -OCH3 is 1. The Hall–Kier alpha value is -1.72. The third-order valence-corrected chi connectivity index (χ3v) is 4.70. The molecule has 0 radical (unpaired) electrons. The molecule has 0 saturated carbocycles. The van der Waals surface area contributed by atoms with Crippen molar-refractivity contribution in [1.82, 2.24) is 9.88 Å². The normalized spacial score (nSPS) is 10.7. The summed E-state index contributed by atoms with van der Waals surface area (Å²) in [6.07, 6.45) is 2.24. The number of carbonyl (C=O) groups excluding carboxylic acids is 1. The first-order valence-electron chi connectivity index (χ1n) is 7.90. The van der Waals surface area contributed by atoms with Gasteiger partial charge in [0.05, 0.1) is 12.1 Å². The van der Waals surface area contributed by atoms with Gasteiger partial charge in [-0.15, -0.1) is 11.3 Å². The third kappa shape index (κ3) is 5.15. The number of likely N-dealkylation sites (N-methyl/N-ethyl adjacent to an activating group) is 1. The fourth-order valence-corrected chi connectivity index (χ4v) is 3.09. The summed E-state index contributed by atoms with van der Waals surface area (Å²) in [5.74, 6) is 0.0966. The first kappa shape index (κ1) is 17.6. The van der Waals surface area contributed by atoms with Gasteiger partial charge in [0, 0.05) is 38.3 Å². The minimum Gasteiger partial charge on any atom is -0.385 e. The molecule has 0 aliphatic carbocycles. The summed E-state index contributed by atoms with van der Waals surface area (Å²) in [7, 11) is 3.50. The number of aryl methyl sites for hydroxylation is 1. The molecule has 0 unspecified atom stereocenters. The second-order valence-electron chi connectivity index (χ2n) is 5.53. The number of carbonyl (C=O) groups is 1. The number of hydrogen-bond donors (Lipinski definition) is 0. The fourth-order valence-electron chi connectivity index (χ4n) is 2.26. The molecule has 0 fully saturated rings. The zero-order valence-corrected chi connectivity index (χ0v) is 14.9. The number of thiazole rings is 1. The van der Waals surface area contributed by atoms with Gasteiger partial charge >= 0.3 is 0 Å². The lowest BCUT2D eigenvalue weighted by Gasteiger charge is -2.16. The molecule has 0 aliphatic rings. The van der Waals surface area contributed by atoms with Crippen LogP contribution in [0.25, 0.3) is 10.6 Å². The largest absolute Gasteiger partial charge is 0.385 e. The Morgan fingerprint density at radius 3 is 2.70 bits per heavy atom. The Morgan fingerprint density at radius 1 is 1.30 bits per heavy atom. The number of aromatic nitrogens is 1. The summed E-state index contributed by atoms with van der Waals surface area (Å²) in [5, 5.41) is 2.95. The van der Waals surface area contributed by atoms with E-state index >= 15 is 0 Å². The van der Waals surface area contributed by atoms with Crippen LogP contribution in [0.4, 0.5) is 0 Å². The van der Waals surface area contributed by atoms with Crippen LogP contribution in [0.2, 0.25) is 0 Å². The molecular formula is C18H24N2O2S. The van der Waals surface area contributed by atoms with E-state index in [9.17, 15) is 4.79 Å². The Bertz CT molecular complexity index is 622. The van der Waals surface area contributed by atoms with Crippen LogP contribution in [0.15, 0.2) is 29.6 Å². The van der Waals surface area contributed by atoms with Gasteiger partial charge in [0.1, 0.15) is 5.01 Å². The van der Waals surface area contributed by atoms with Crippen LogP contribution >= 0.6 is 11.3 Å². The molecule has 5 heteroatoms. The summed E-state index contributed by atoms with van der Waals surface area (Å²) in [5.41, 5.74) is 3.27. The van der Waals surface area contributed by atoms with Crippen LogP contribution in [0.3, 0.4) is 0 Å². The average Bonchev–Trinajstić information content (AvgIpc) is 3.03. The molecule has 1 aromatic heterocycles. The highest BCUT2D eigenvalue weighted by Crippen LogP contribution is 2.24. The molecule has 4 nitrogen and oxygen atoms in total. The topological polar surface area (TPSA) is 42.4 Å². The Kier molecular flexibility index (Phi) is 6.74. The molecule has 124 valence electrons. The van der Waals surface area contributed by atoms with Gasteiger partial charge < -0.3 is 9.64 Å².